The second kappa shape index (κ2) is 7.46. The van der Waals surface area contributed by atoms with Gasteiger partial charge < -0.3 is 4.74 Å². The number of hydrogen-bond donors (Lipinski definition) is 0. The van der Waals surface area contributed by atoms with Crippen LogP contribution in [0, 0.1) is 11.8 Å². The summed E-state index contributed by atoms with van der Waals surface area (Å²) in [6.45, 7) is 4.02. The van der Waals surface area contributed by atoms with E-state index in [4.69, 9.17) is 4.74 Å². The molecule has 1 saturated carbocycles. The number of Topliss-reactive ketones (excluding diaryl/α,β-unsaturated/α-hetero) is 1. The average molecular weight is 240 g/mol. The highest BCUT2D eigenvalue weighted by Gasteiger charge is 2.31. The maximum atomic E-state index is 12.3. The Bertz CT molecular complexity index is 252. The lowest BCUT2D eigenvalue weighted by atomic mass is 9.86. The highest BCUT2D eigenvalue weighted by molar-refractivity contribution is 6.00. The molecule has 1 fully saturated rings. The van der Waals surface area contributed by atoms with Gasteiger partial charge in [0.05, 0.1) is 6.61 Å². The fourth-order valence-electron chi connectivity index (χ4n) is 2.58. The molecule has 98 valence electrons. The summed E-state index contributed by atoms with van der Waals surface area (Å²) in [5.41, 5.74) is 0. The van der Waals surface area contributed by atoms with Crippen LogP contribution in [0.2, 0.25) is 0 Å². The molecule has 1 unspecified atom stereocenters. The Hall–Kier alpha value is -0.860. The lowest BCUT2D eigenvalue weighted by Gasteiger charge is -2.18. The Labute approximate surface area is 104 Å². The zero-order valence-electron chi connectivity index (χ0n) is 11.0. The van der Waals surface area contributed by atoms with Gasteiger partial charge in [-0.25, -0.2) is 0 Å². The normalized spacial score (nSPS) is 19.4. The Morgan fingerprint density at radius 2 is 1.71 bits per heavy atom. The van der Waals surface area contributed by atoms with E-state index in [1.165, 1.54) is 12.8 Å². The van der Waals surface area contributed by atoms with E-state index in [-0.39, 0.29) is 17.7 Å². The molecule has 0 bridgehead atoms. The van der Waals surface area contributed by atoms with Gasteiger partial charge in [0.15, 0.2) is 0 Å². The van der Waals surface area contributed by atoms with Crippen LogP contribution in [0.3, 0.4) is 0 Å². The fraction of sp³-hybridized carbons (Fsp3) is 0.857. The van der Waals surface area contributed by atoms with Gasteiger partial charge in [0.25, 0.3) is 0 Å². The molecule has 3 nitrogen and oxygen atoms in total. The van der Waals surface area contributed by atoms with Crippen LogP contribution in [0.4, 0.5) is 0 Å². The molecule has 1 aliphatic rings. The van der Waals surface area contributed by atoms with Crippen LogP contribution in [0.15, 0.2) is 0 Å². The third kappa shape index (κ3) is 4.14. The van der Waals surface area contributed by atoms with Crippen LogP contribution in [0.25, 0.3) is 0 Å². The van der Waals surface area contributed by atoms with Crippen LogP contribution in [0.1, 0.15) is 58.8 Å². The van der Waals surface area contributed by atoms with Crippen LogP contribution < -0.4 is 0 Å². The Kier molecular flexibility index (Phi) is 6.23. The Morgan fingerprint density at radius 3 is 2.18 bits per heavy atom. The largest absolute Gasteiger partial charge is 0.465 e. The van der Waals surface area contributed by atoms with Crippen molar-refractivity contribution in [2.45, 2.75) is 58.8 Å². The van der Waals surface area contributed by atoms with Crippen LogP contribution in [-0.4, -0.2) is 18.4 Å². The van der Waals surface area contributed by atoms with Gasteiger partial charge in [-0.2, -0.15) is 0 Å². The summed E-state index contributed by atoms with van der Waals surface area (Å²) in [4.78, 5) is 24.0. The van der Waals surface area contributed by atoms with Crippen LogP contribution in [0.5, 0.6) is 0 Å². The van der Waals surface area contributed by atoms with E-state index in [1.54, 1.807) is 6.92 Å². The number of hydrogen-bond acceptors (Lipinski definition) is 3. The first-order valence-electron chi connectivity index (χ1n) is 6.91. The third-order valence-corrected chi connectivity index (χ3v) is 3.58. The van der Waals surface area contributed by atoms with E-state index in [0.717, 1.165) is 25.7 Å². The van der Waals surface area contributed by atoms with E-state index >= 15 is 0 Å². The van der Waals surface area contributed by atoms with Gasteiger partial charge in [0, 0.05) is 5.92 Å². The van der Waals surface area contributed by atoms with Gasteiger partial charge in [-0.3, -0.25) is 9.59 Å². The number of ketones is 1. The molecule has 0 aliphatic heterocycles. The van der Waals surface area contributed by atoms with E-state index in [9.17, 15) is 9.59 Å². The second-order valence-corrected chi connectivity index (χ2v) is 4.80. The minimum Gasteiger partial charge on any atom is -0.465 e. The standard InChI is InChI=1S/C14H24O3/c1-3-12(14(16)17-4-2)13(15)11-9-7-5-6-8-10-11/h11-12H,3-10H2,1-2H3. The predicted molar refractivity (Wildman–Crippen MR) is 66.6 cm³/mol. The molecule has 0 aromatic carbocycles. The molecular weight excluding hydrogens is 216 g/mol. The Morgan fingerprint density at radius 1 is 1.12 bits per heavy atom. The molecule has 0 radical (unpaired) electrons. The summed E-state index contributed by atoms with van der Waals surface area (Å²) in [5.74, 6) is -0.651. The zero-order chi connectivity index (χ0) is 12.7. The lowest BCUT2D eigenvalue weighted by molar-refractivity contribution is -0.152. The first-order chi connectivity index (χ1) is 8.20. The van der Waals surface area contributed by atoms with Gasteiger partial charge in [0.2, 0.25) is 0 Å². The molecular formula is C14H24O3. The average Bonchev–Trinajstić information content (AvgIpc) is 2.58. The summed E-state index contributed by atoms with van der Waals surface area (Å²) in [6.07, 6.45) is 7.16. The SMILES string of the molecule is CCOC(=O)C(CC)C(=O)C1CCCCCC1. The van der Waals surface area contributed by atoms with Crippen molar-refractivity contribution in [3.63, 3.8) is 0 Å². The monoisotopic (exact) mass is 240 g/mol. The molecule has 0 heterocycles. The number of rotatable bonds is 5. The topological polar surface area (TPSA) is 43.4 Å². The molecule has 0 amide bonds. The molecule has 1 atom stereocenters. The van der Waals surface area contributed by atoms with Gasteiger partial charge in [-0.05, 0) is 26.2 Å². The molecule has 0 N–H and O–H groups in total. The maximum Gasteiger partial charge on any atom is 0.316 e. The van der Waals surface area contributed by atoms with Crippen molar-refractivity contribution in [1.29, 1.82) is 0 Å². The quantitative estimate of drug-likeness (QED) is 0.421. The summed E-state index contributed by atoms with van der Waals surface area (Å²) in [5, 5.41) is 0. The molecule has 0 spiro atoms. The second-order valence-electron chi connectivity index (χ2n) is 4.80. The molecule has 0 aromatic rings. The molecule has 1 rings (SSSR count). The molecule has 17 heavy (non-hydrogen) atoms. The van der Waals surface area contributed by atoms with Gasteiger partial charge >= 0.3 is 5.97 Å². The smallest absolute Gasteiger partial charge is 0.316 e. The van der Waals surface area contributed by atoms with E-state index in [1.807, 2.05) is 6.92 Å². The third-order valence-electron chi connectivity index (χ3n) is 3.58. The molecule has 1 aliphatic carbocycles. The van der Waals surface area contributed by atoms with E-state index < -0.39 is 5.92 Å². The minimum absolute atomic E-state index is 0.0897. The summed E-state index contributed by atoms with van der Waals surface area (Å²) < 4.78 is 4.98. The maximum absolute atomic E-state index is 12.3. The number of carbonyl (C=O) groups is 2. The fourth-order valence-corrected chi connectivity index (χ4v) is 2.58. The van der Waals surface area contributed by atoms with Crippen molar-refractivity contribution in [2.24, 2.45) is 11.8 Å². The van der Waals surface area contributed by atoms with E-state index in [0.29, 0.717) is 13.0 Å². The van der Waals surface area contributed by atoms with E-state index in [2.05, 4.69) is 0 Å². The summed E-state index contributed by atoms with van der Waals surface area (Å²) in [6, 6.07) is 0. The van der Waals surface area contributed by atoms with Crippen molar-refractivity contribution in [3.8, 4) is 0 Å². The highest BCUT2D eigenvalue weighted by atomic mass is 16.5. The highest BCUT2D eigenvalue weighted by Crippen LogP contribution is 2.27. The lowest BCUT2D eigenvalue weighted by Crippen LogP contribution is -2.30. The van der Waals surface area contributed by atoms with Crippen molar-refractivity contribution in [2.75, 3.05) is 6.61 Å². The first kappa shape index (κ1) is 14.2. The van der Waals surface area contributed by atoms with Crippen molar-refractivity contribution >= 4 is 11.8 Å². The molecule has 3 heteroatoms. The summed E-state index contributed by atoms with van der Waals surface area (Å²) in [7, 11) is 0. The van der Waals surface area contributed by atoms with Crippen molar-refractivity contribution in [1.82, 2.24) is 0 Å². The minimum atomic E-state index is -0.530. The van der Waals surface area contributed by atoms with Crippen molar-refractivity contribution < 1.29 is 14.3 Å². The summed E-state index contributed by atoms with van der Waals surface area (Å²) >= 11 is 0. The van der Waals surface area contributed by atoms with Crippen LogP contribution >= 0.6 is 0 Å². The van der Waals surface area contributed by atoms with Gasteiger partial charge in [0.1, 0.15) is 11.7 Å². The van der Waals surface area contributed by atoms with Gasteiger partial charge in [-0.1, -0.05) is 32.6 Å². The molecule has 0 saturated heterocycles. The van der Waals surface area contributed by atoms with Crippen molar-refractivity contribution in [3.05, 3.63) is 0 Å². The predicted octanol–water partition coefficient (Wildman–Crippen LogP) is 3.12. The first-order valence-corrected chi connectivity index (χ1v) is 6.91. The Balaban J connectivity index is 2.60. The van der Waals surface area contributed by atoms with Crippen LogP contribution in [-0.2, 0) is 14.3 Å². The van der Waals surface area contributed by atoms with Gasteiger partial charge in [-0.15, -0.1) is 0 Å². The number of carbonyl (C=O) groups excluding carboxylic acids is 2. The number of esters is 1. The zero-order valence-corrected chi connectivity index (χ0v) is 11.0. The number of ether oxygens (including phenoxy) is 1. The molecule has 0 aromatic heterocycles.